The first-order chi connectivity index (χ1) is 6.96. The van der Waals surface area contributed by atoms with E-state index in [1.54, 1.807) is 6.92 Å². The van der Waals surface area contributed by atoms with Crippen LogP contribution in [0.5, 0.6) is 0 Å². The molecule has 92 valence electrons. The Bertz CT molecular complexity index is 249. The SMILES string of the molecule is CCNC(C)C(CC)CCS(=O)(=O)CC. The smallest absolute Gasteiger partial charge is 0.150 e. The van der Waals surface area contributed by atoms with Crippen LogP contribution >= 0.6 is 0 Å². The Kier molecular flexibility index (Phi) is 7.18. The van der Waals surface area contributed by atoms with Crippen LogP contribution in [-0.2, 0) is 9.84 Å². The van der Waals surface area contributed by atoms with Gasteiger partial charge in [0.15, 0.2) is 0 Å². The lowest BCUT2D eigenvalue weighted by Crippen LogP contribution is -2.34. The molecule has 3 nitrogen and oxygen atoms in total. The molecule has 0 fully saturated rings. The van der Waals surface area contributed by atoms with Crippen molar-refractivity contribution in [2.45, 2.75) is 46.6 Å². The predicted octanol–water partition coefficient (Wildman–Crippen LogP) is 1.84. The molecule has 0 aliphatic rings. The van der Waals surface area contributed by atoms with Crippen LogP contribution in [0.1, 0.15) is 40.5 Å². The molecule has 2 unspecified atom stereocenters. The Morgan fingerprint density at radius 3 is 2.20 bits per heavy atom. The first kappa shape index (κ1) is 14.9. The van der Waals surface area contributed by atoms with Gasteiger partial charge in [-0.05, 0) is 25.8 Å². The van der Waals surface area contributed by atoms with Crippen molar-refractivity contribution in [2.75, 3.05) is 18.1 Å². The Hall–Kier alpha value is -0.0900. The van der Waals surface area contributed by atoms with Gasteiger partial charge < -0.3 is 5.32 Å². The standard InChI is InChI=1S/C11H25NO2S/c1-5-11(10(4)12-6-2)8-9-15(13,14)7-3/h10-12H,5-9H2,1-4H3. The number of hydrogen-bond acceptors (Lipinski definition) is 3. The average molecular weight is 235 g/mol. The Morgan fingerprint density at radius 1 is 1.20 bits per heavy atom. The summed E-state index contributed by atoms with van der Waals surface area (Å²) < 4.78 is 22.8. The maximum atomic E-state index is 11.4. The van der Waals surface area contributed by atoms with E-state index in [2.05, 4.69) is 26.1 Å². The van der Waals surface area contributed by atoms with Gasteiger partial charge in [-0.2, -0.15) is 0 Å². The topological polar surface area (TPSA) is 46.2 Å². The maximum absolute atomic E-state index is 11.4. The van der Waals surface area contributed by atoms with E-state index in [1.807, 2.05) is 0 Å². The molecule has 0 aromatic rings. The summed E-state index contributed by atoms with van der Waals surface area (Å²) in [6, 6.07) is 0.409. The molecule has 0 bridgehead atoms. The van der Waals surface area contributed by atoms with Gasteiger partial charge >= 0.3 is 0 Å². The molecular weight excluding hydrogens is 210 g/mol. The van der Waals surface area contributed by atoms with E-state index in [4.69, 9.17) is 0 Å². The number of rotatable bonds is 8. The van der Waals surface area contributed by atoms with E-state index in [0.29, 0.717) is 17.7 Å². The number of nitrogens with one attached hydrogen (secondary N) is 1. The molecule has 0 aliphatic carbocycles. The second kappa shape index (κ2) is 7.23. The average Bonchev–Trinajstić information content (AvgIpc) is 2.19. The fourth-order valence-electron chi connectivity index (χ4n) is 1.77. The zero-order chi connectivity index (χ0) is 11.9. The lowest BCUT2D eigenvalue weighted by molar-refractivity contribution is 0.360. The molecule has 0 rings (SSSR count). The van der Waals surface area contributed by atoms with E-state index in [9.17, 15) is 8.42 Å². The minimum absolute atomic E-state index is 0.263. The summed E-state index contributed by atoms with van der Waals surface area (Å²) in [6.45, 7) is 8.99. The molecular formula is C11H25NO2S. The van der Waals surface area contributed by atoms with E-state index in [0.717, 1.165) is 19.4 Å². The summed E-state index contributed by atoms with van der Waals surface area (Å²) in [5, 5.41) is 3.36. The summed E-state index contributed by atoms with van der Waals surface area (Å²) in [4.78, 5) is 0. The lowest BCUT2D eigenvalue weighted by atomic mass is 9.95. The van der Waals surface area contributed by atoms with E-state index in [-0.39, 0.29) is 5.75 Å². The minimum atomic E-state index is -2.80. The van der Waals surface area contributed by atoms with Gasteiger partial charge in [0.1, 0.15) is 9.84 Å². The first-order valence-electron chi connectivity index (χ1n) is 5.90. The van der Waals surface area contributed by atoms with Crippen molar-refractivity contribution in [3.63, 3.8) is 0 Å². The summed E-state index contributed by atoms with van der Waals surface area (Å²) in [5.74, 6) is 1.06. The molecule has 0 aliphatic heterocycles. The van der Waals surface area contributed by atoms with Gasteiger partial charge in [0.05, 0.1) is 5.75 Å². The van der Waals surface area contributed by atoms with Crippen molar-refractivity contribution in [3.05, 3.63) is 0 Å². The number of sulfone groups is 1. The minimum Gasteiger partial charge on any atom is -0.314 e. The molecule has 0 saturated heterocycles. The summed E-state index contributed by atoms with van der Waals surface area (Å²) in [5.41, 5.74) is 0. The lowest BCUT2D eigenvalue weighted by Gasteiger charge is -2.23. The van der Waals surface area contributed by atoms with Crippen LogP contribution in [0.2, 0.25) is 0 Å². The van der Waals surface area contributed by atoms with Gasteiger partial charge in [-0.25, -0.2) is 8.42 Å². The monoisotopic (exact) mass is 235 g/mol. The van der Waals surface area contributed by atoms with E-state index in [1.165, 1.54) is 0 Å². The number of hydrogen-bond donors (Lipinski definition) is 1. The van der Waals surface area contributed by atoms with E-state index >= 15 is 0 Å². The third-order valence-corrected chi connectivity index (χ3v) is 4.73. The van der Waals surface area contributed by atoms with Crippen LogP contribution < -0.4 is 5.32 Å². The Morgan fingerprint density at radius 2 is 1.80 bits per heavy atom. The molecule has 0 aromatic carbocycles. The summed E-state index contributed by atoms with van der Waals surface area (Å²) in [7, 11) is -2.80. The molecule has 1 N–H and O–H groups in total. The summed E-state index contributed by atoms with van der Waals surface area (Å²) in [6.07, 6.45) is 1.81. The Labute approximate surface area is 94.6 Å². The van der Waals surface area contributed by atoms with Gasteiger partial charge in [-0.3, -0.25) is 0 Å². The van der Waals surface area contributed by atoms with Crippen LogP contribution in [0.25, 0.3) is 0 Å². The van der Waals surface area contributed by atoms with Crippen molar-refractivity contribution in [3.8, 4) is 0 Å². The largest absolute Gasteiger partial charge is 0.314 e. The normalized spacial score (nSPS) is 16.3. The molecule has 0 spiro atoms. The van der Waals surface area contributed by atoms with Gasteiger partial charge in [-0.1, -0.05) is 27.2 Å². The van der Waals surface area contributed by atoms with Crippen LogP contribution in [0, 0.1) is 5.92 Å². The highest BCUT2D eigenvalue weighted by Crippen LogP contribution is 2.14. The Balaban J connectivity index is 4.11. The van der Waals surface area contributed by atoms with Gasteiger partial charge in [-0.15, -0.1) is 0 Å². The van der Waals surface area contributed by atoms with E-state index < -0.39 is 9.84 Å². The third-order valence-electron chi connectivity index (χ3n) is 3.00. The highest BCUT2D eigenvalue weighted by Gasteiger charge is 2.17. The van der Waals surface area contributed by atoms with Crippen LogP contribution in [0.3, 0.4) is 0 Å². The molecule has 0 amide bonds. The predicted molar refractivity (Wildman–Crippen MR) is 65.9 cm³/mol. The highest BCUT2D eigenvalue weighted by molar-refractivity contribution is 7.91. The van der Waals surface area contributed by atoms with Crippen LogP contribution in [-0.4, -0.2) is 32.5 Å². The molecule has 0 radical (unpaired) electrons. The molecule has 15 heavy (non-hydrogen) atoms. The van der Waals surface area contributed by atoms with Gasteiger partial charge in [0.25, 0.3) is 0 Å². The maximum Gasteiger partial charge on any atom is 0.150 e. The second-order valence-electron chi connectivity index (χ2n) is 4.04. The molecule has 2 atom stereocenters. The van der Waals surface area contributed by atoms with Crippen molar-refractivity contribution in [2.24, 2.45) is 5.92 Å². The molecule has 0 aromatic heterocycles. The van der Waals surface area contributed by atoms with Crippen molar-refractivity contribution >= 4 is 9.84 Å². The second-order valence-corrected chi connectivity index (χ2v) is 6.51. The van der Waals surface area contributed by atoms with Crippen molar-refractivity contribution in [1.82, 2.24) is 5.32 Å². The van der Waals surface area contributed by atoms with Gasteiger partial charge in [0, 0.05) is 11.8 Å². The van der Waals surface area contributed by atoms with Gasteiger partial charge in [0.2, 0.25) is 0 Å². The quantitative estimate of drug-likeness (QED) is 0.698. The fourth-order valence-corrected chi connectivity index (χ4v) is 2.72. The third kappa shape index (κ3) is 6.15. The zero-order valence-electron chi connectivity index (χ0n) is 10.4. The van der Waals surface area contributed by atoms with Crippen LogP contribution in [0.15, 0.2) is 0 Å². The molecule has 4 heteroatoms. The fraction of sp³-hybridized carbons (Fsp3) is 1.00. The van der Waals surface area contributed by atoms with Crippen molar-refractivity contribution in [1.29, 1.82) is 0 Å². The highest BCUT2D eigenvalue weighted by atomic mass is 32.2. The molecule has 0 saturated carbocycles. The first-order valence-corrected chi connectivity index (χ1v) is 7.72. The zero-order valence-corrected chi connectivity index (χ0v) is 11.2. The molecule has 0 heterocycles. The van der Waals surface area contributed by atoms with Crippen LogP contribution in [0.4, 0.5) is 0 Å². The van der Waals surface area contributed by atoms with Crippen molar-refractivity contribution < 1.29 is 8.42 Å². The summed E-state index contributed by atoms with van der Waals surface area (Å²) >= 11 is 0.